The average Bonchev–Trinajstić information content (AvgIpc) is 3.03. The molecule has 0 aliphatic carbocycles. The van der Waals surface area contributed by atoms with E-state index in [0.717, 1.165) is 16.9 Å². The van der Waals surface area contributed by atoms with Crippen LogP contribution in [0, 0.1) is 6.92 Å². The van der Waals surface area contributed by atoms with Crippen LogP contribution in [0.4, 0.5) is 0 Å². The highest BCUT2D eigenvalue weighted by molar-refractivity contribution is 7.17. The SMILES string of the molecule is Cc1nc(-c2ccc(OCCOc3ccccc3Cl)cc2)sc1C(=O)O. The minimum absolute atomic E-state index is 0.261. The topological polar surface area (TPSA) is 68.7 Å². The number of halogens is 1. The van der Waals surface area contributed by atoms with Crippen molar-refractivity contribution in [1.82, 2.24) is 4.98 Å². The lowest BCUT2D eigenvalue weighted by molar-refractivity contribution is 0.0701. The van der Waals surface area contributed by atoms with Gasteiger partial charge >= 0.3 is 5.97 Å². The number of carboxylic acid groups (broad SMARTS) is 1. The summed E-state index contributed by atoms with van der Waals surface area (Å²) in [7, 11) is 0. The minimum Gasteiger partial charge on any atom is -0.490 e. The average molecular weight is 390 g/mol. The van der Waals surface area contributed by atoms with Crippen LogP contribution >= 0.6 is 22.9 Å². The number of benzene rings is 2. The summed E-state index contributed by atoms with van der Waals surface area (Å²) in [4.78, 5) is 15.7. The molecule has 0 fully saturated rings. The van der Waals surface area contributed by atoms with Crippen LogP contribution in [0.2, 0.25) is 5.02 Å². The molecule has 3 aromatic rings. The molecular formula is C19H16ClNO4S. The number of aromatic carboxylic acids is 1. The maximum atomic E-state index is 11.1. The van der Waals surface area contributed by atoms with E-state index in [1.165, 1.54) is 0 Å². The molecule has 1 N–H and O–H groups in total. The van der Waals surface area contributed by atoms with E-state index in [2.05, 4.69) is 4.98 Å². The van der Waals surface area contributed by atoms with Crippen molar-refractivity contribution in [3.05, 3.63) is 64.1 Å². The number of ether oxygens (including phenoxy) is 2. The quantitative estimate of drug-likeness (QED) is 0.580. The fourth-order valence-corrected chi connectivity index (χ4v) is 3.39. The fourth-order valence-electron chi connectivity index (χ4n) is 2.28. The van der Waals surface area contributed by atoms with Crippen molar-refractivity contribution in [3.8, 4) is 22.1 Å². The predicted molar refractivity (Wildman–Crippen MR) is 102 cm³/mol. The molecule has 0 amide bonds. The van der Waals surface area contributed by atoms with Crippen molar-refractivity contribution >= 4 is 28.9 Å². The van der Waals surface area contributed by atoms with Gasteiger partial charge in [0.1, 0.15) is 34.6 Å². The molecule has 134 valence electrons. The summed E-state index contributed by atoms with van der Waals surface area (Å²) in [5, 5.41) is 10.4. The Morgan fingerprint density at radius 1 is 1.12 bits per heavy atom. The number of thiazole rings is 1. The predicted octanol–water partition coefficient (Wildman–Crippen LogP) is 4.93. The van der Waals surface area contributed by atoms with Gasteiger partial charge in [0.05, 0.1) is 10.7 Å². The minimum atomic E-state index is -0.954. The Labute approximate surface area is 159 Å². The van der Waals surface area contributed by atoms with Crippen LogP contribution in [0.5, 0.6) is 11.5 Å². The summed E-state index contributed by atoms with van der Waals surface area (Å²) in [6, 6.07) is 14.6. The van der Waals surface area contributed by atoms with Crippen molar-refractivity contribution in [2.45, 2.75) is 6.92 Å². The number of hydrogen-bond acceptors (Lipinski definition) is 5. The molecule has 5 nitrogen and oxygen atoms in total. The van der Waals surface area contributed by atoms with Gasteiger partial charge in [0.25, 0.3) is 0 Å². The lowest BCUT2D eigenvalue weighted by Gasteiger charge is -2.09. The van der Waals surface area contributed by atoms with Gasteiger partial charge in [-0.3, -0.25) is 0 Å². The molecule has 0 aliphatic heterocycles. The number of rotatable bonds is 7. The van der Waals surface area contributed by atoms with Crippen LogP contribution in [0.3, 0.4) is 0 Å². The van der Waals surface area contributed by atoms with Gasteiger partial charge in [-0.05, 0) is 43.3 Å². The second kappa shape index (κ2) is 8.21. The largest absolute Gasteiger partial charge is 0.490 e. The van der Waals surface area contributed by atoms with Gasteiger partial charge in [-0.15, -0.1) is 11.3 Å². The first kappa shape index (κ1) is 18.2. The number of hydrogen-bond donors (Lipinski definition) is 1. The Morgan fingerprint density at radius 2 is 1.81 bits per heavy atom. The van der Waals surface area contributed by atoms with E-state index in [4.69, 9.17) is 26.2 Å². The van der Waals surface area contributed by atoms with E-state index in [0.29, 0.717) is 40.4 Å². The van der Waals surface area contributed by atoms with Gasteiger partial charge in [0.2, 0.25) is 0 Å². The lowest BCUT2D eigenvalue weighted by Crippen LogP contribution is -2.09. The van der Waals surface area contributed by atoms with Gasteiger partial charge in [0.15, 0.2) is 0 Å². The Hall–Kier alpha value is -2.57. The van der Waals surface area contributed by atoms with E-state index in [1.807, 2.05) is 36.4 Å². The molecule has 1 heterocycles. The zero-order chi connectivity index (χ0) is 18.5. The summed E-state index contributed by atoms with van der Waals surface area (Å²) in [6.07, 6.45) is 0. The molecule has 1 aromatic heterocycles. The number of aryl methyl sites for hydroxylation is 1. The third-order valence-electron chi connectivity index (χ3n) is 3.54. The zero-order valence-corrected chi connectivity index (χ0v) is 15.5. The molecule has 3 rings (SSSR count). The molecule has 26 heavy (non-hydrogen) atoms. The monoisotopic (exact) mass is 389 g/mol. The van der Waals surface area contributed by atoms with Crippen LogP contribution in [0.15, 0.2) is 48.5 Å². The number of aromatic nitrogens is 1. The first-order valence-corrected chi connectivity index (χ1v) is 9.05. The maximum absolute atomic E-state index is 11.1. The number of carboxylic acids is 1. The summed E-state index contributed by atoms with van der Waals surface area (Å²) < 4.78 is 11.2. The van der Waals surface area contributed by atoms with Gasteiger partial charge in [-0.1, -0.05) is 23.7 Å². The van der Waals surface area contributed by atoms with E-state index < -0.39 is 5.97 Å². The van der Waals surface area contributed by atoms with Gasteiger partial charge in [-0.2, -0.15) is 0 Å². The molecule has 0 spiro atoms. The summed E-state index contributed by atoms with van der Waals surface area (Å²) in [5.41, 5.74) is 1.37. The van der Waals surface area contributed by atoms with Crippen molar-refractivity contribution in [3.63, 3.8) is 0 Å². The van der Waals surface area contributed by atoms with E-state index in [1.54, 1.807) is 19.1 Å². The van der Waals surface area contributed by atoms with E-state index >= 15 is 0 Å². The Bertz CT molecular complexity index is 908. The number of nitrogens with zero attached hydrogens (tertiary/aromatic N) is 1. The Morgan fingerprint density at radius 3 is 2.46 bits per heavy atom. The van der Waals surface area contributed by atoms with Crippen molar-refractivity contribution in [2.24, 2.45) is 0 Å². The summed E-state index contributed by atoms with van der Waals surface area (Å²) in [5.74, 6) is 0.370. The van der Waals surface area contributed by atoms with Gasteiger partial charge in [-0.25, -0.2) is 9.78 Å². The molecule has 0 bridgehead atoms. The Balaban J connectivity index is 1.55. The van der Waals surface area contributed by atoms with Crippen LogP contribution in [-0.4, -0.2) is 29.3 Å². The molecule has 2 aromatic carbocycles. The van der Waals surface area contributed by atoms with Crippen molar-refractivity contribution < 1.29 is 19.4 Å². The molecule has 0 unspecified atom stereocenters. The molecule has 7 heteroatoms. The highest BCUT2D eigenvalue weighted by Gasteiger charge is 2.14. The molecule has 0 atom stereocenters. The molecular weight excluding hydrogens is 374 g/mol. The highest BCUT2D eigenvalue weighted by Crippen LogP contribution is 2.29. The molecule has 0 saturated carbocycles. The normalized spacial score (nSPS) is 10.5. The summed E-state index contributed by atoms with van der Waals surface area (Å²) >= 11 is 7.18. The van der Waals surface area contributed by atoms with Crippen molar-refractivity contribution in [1.29, 1.82) is 0 Å². The van der Waals surface area contributed by atoms with Crippen LogP contribution < -0.4 is 9.47 Å². The van der Waals surface area contributed by atoms with Crippen molar-refractivity contribution in [2.75, 3.05) is 13.2 Å². The van der Waals surface area contributed by atoms with Crippen LogP contribution in [0.1, 0.15) is 15.4 Å². The standard InChI is InChI=1S/C19H16ClNO4S/c1-12-17(19(22)23)26-18(21-12)13-6-8-14(9-7-13)24-10-11-25-16-5-3-2-4-15(16)20/h2-9H,10-11H2,1H3,(H,22,23). The number of para-hydroxylation sites is 1. The third kappa shape index (κ3) is 4.33. The molecule has 0 aliphatic rings. The first-order chi connectivity index (χ1) is 12.5. The molecule has 0 radical (unpaired) electrons. The first-order valence-electron chi connectivity index (χ1n) is 7.86. The maximum Gasteiger partial charge on any atom is 0.347 e. The van der Waals surface area contributed by atoms with Gasteiger partial charge < -0.3 is 14.6 Å². The second-order valence-electron chi connectivity index (χ2n) is 5.39. The summed E-state index contributed by atoms with van der Waals surface area (Å²) in [6.45, 7) is 2.45. The Kier molecular flexibility index (Phi) is 5.75. The van der Waals surface area contributed by atoms with E-state index in [9.17, 15) is 4.79 Å². The second-order valence-corrected chi connectivity index (χ2v) is 6.80. The number of carbonyl (C=O) groups is 1. The smallest absolute Gasteiger partial charge is 0.347 e. The van der Waals surface area contributed by atoms with Crippen LogP contribution in [-0.2, 0) is 0 Å². The van der Waals surface area contributed by atoms with Gasteiger partial charge in [0, 0.05) is 5.56 Å². The highest BCUT2D eigenvalue weighted by atomic mass is 35.5. The zero-order valence-electron chi connectivity index (χ0n) is 13.9. The lowest BCUT2D eigenvalue weighted by atomic mass is 10.2. The third-order valence-corrected chi connectivity index (χ3v) is 5.05. The van der Waals surface area contributed by atoms with Crippen LogP contribution in [0.25, 0.3) is 10.6 Å². The van der Waals surface area contributed by atoms with E-state index in [-0.39, 0.29) is 4.88 Å². The fraction of sp³-hybridized carbons (Fsp3) is 0.158. The molecule has 0 saturated heterocycles.